The molecule has 2 aliphatic rings. The molecule has 0 bridgehead atoms. The molecule has 10 rings (SSSR count). The number of benzene rings is 5. The van der Waals surface area contributed by atoms with E-state index in [9.17, 15) is 0 Å². The van der Waals surface area contributed by atoms with E-state index in [1.807, 2.05) is 78.9 Å². The predicted octanol–water partition coefficient (Wildman–Crippen LogP) is 10.2. The van der Waals surface area contributed by atoms with Crippen LogP contribution >= 0.6 is 11.3 Å². The molecule has 0 saturated carbocycles. The monoisotopic (exact) mass is 661 g/mol. The van der Waals surface area contributed by atoms with Crippen LogP contribution in [0.25, 0.3) is 71.3 Å². The number of thiophene rings is 1. The van der Waals surface area contributed by atoms with Crippen molar-refractivity contribution in [1.29, 1.82) is 0 Å². The number of aromatic nitrogens is 5. The van der Waals surface area contributed by atoms with E-state index in [1.165, 1.54) is 4.70 Å². The van der Waals surface area contributed by atoms with Gasteiger partial charge in [-0.1, -0.05) is 121 Å². The second kappa shape index (κ2) is 11.7. The molecule has 6 nitrogen and oxygen atoms in total. The first-order valence-electron chi connectivity index (χ1n) is 16.6. The van der Waals surface area contributed by atoms with Gasteiger partial charge in [0.15, 0.2) is 23.3 Å². The summed E-state index contributed by atoms with van der Waals surface area (Å²) in [6.07, 6.45) is 6.14. The molecule has 2 atom stereocenters. The van der Waals surface area contributed by atoms with Gasteiger partial charge in [-0.15, -0.1) is 11.3 Å². The molecule has 7 heteroatoms. The second-order valence-corrected chi connectivity index (χ2v) is 13.4. The molecule has 0 N–H and O–H groups in total. The van der Waals surface area contributed by atoms with Crippen molar-refractivity contribution in [2.45, 2.75) is 12.0 Å². The number of rotatable bonds is 5. The molecule has 1 aliphatic carbocycles. The van der Waals surface area contributed by atoms with E-state index in [1.54, 1.807) is 11.3 Å². The molecule has 0 spiro atoms. The summed E-state index contributed by atoms with van der Waals surface area (Å²) in [4.78, 5) is 25.5. The largest absolute Gasteiger partial charge is 0.485 e. The number of ether oxygens (including phenoxy) is 1. The zero-order valence-corrected chi connectivity index (χ0v) is 27.5. The highest BCUT2D eigenvalue weighted by atomic mass is 32.1. The summed E-state index contributed by atoms with van der Waals surface area (Å²) in [5.74, 6) is 3.30. The summed E-state index contributed by atoms with van der Waals surface area (Å²) in [5, 5.41) is 1.14. The Bertz CT molecular complexity index is 2580. The SMILES string of the molecule is C1=CC2Oc3ccc(-c4nc(-c5ccccc5)nc(-c5ccccc5)n4)cc3C2C(c2nc(-c3ccccc3)c3sc4ccccc4c3n2)=C1. The fourth-order valence-corrected chi connectivity index (χ4v) is 8.11. The van der Waals surface area contributed by atoms with Crippen molar-refractivity contribution in [1.82, 2.24) is 24.9 Å². The fourth-order valence-electron chi connectivity index (χ4n) is 6.96. The van der Waals surface area contributed by atoms with Gasteiger partial charge in [0.1, 0.15) is 11.9 Å². The van der Waals surface area contributed by atoms with Gasteiger partial charge in [-0.25, -0.2) is 24.9 Å². The number of nitrogens with zero attached hydrogens (tertiary/aromatic N) is 5. The van der Waals surface area contributed by atoms with Crippen LogP contribution in [0.1, 0.15) is 17.3 Å². The maximum absolute atomic E-state index is 6.56. The van der Waals surface area contributed by atoms with Crippen molar-refractivity contribution < 1.29 is 4.74 Å². The van der Waals surface area contributed by atoms with Crippen LogP contribution in [0.4, 0.5) is 0 Å². The Morgan fingerprint density at radius 2 is 1.16 bits per heavy atom. The Morgan fingerprint density at radius 1 is 0.540 bits per heavy atom. The van der Waals surface area contributed by atoms with E-state index in [2.05, 4.69) is 72.8 Å². The van der Waals surface area contributed by atoms with Crippen molar-refractivity contribution in [2.24, 2.45) is 0 Å². The first-order valence-corrected chi connectivity index (χ1v) is 17.4. The Kier molecular flexibility index (Phi) is 6.70. The van der Waals surface area contributed by atoms with E-state index in [4.69, 9.17) is 29.7 Å². The molecule has 2 unspecified atom stereocenters. The van der Waals surface area contributed by atoms with Gasteiger partial charge in [0.05, 0.1) is 21.8 Å². The number of allylic oxidation sites excluding steroid dienone is 2. The topological polar surface area (TPSA) is 73.7 Å². The molecule has 8 aromatic rings. The van der Waals surface area contributed by atoms with Crippen molar-refractivity contribution >= 4 is 37.2 Å². The summed E-state index contributed by atoms with van der Waals surface area (Å²) in [6.45, 7) is 0. The van der Waals surface area contributed by atoms with Gasteiger partial charge in [-0.3, -0.25) is 0 Å². The molecular formula is C43H27N5OS. The van der Waals surface area contributed by atoms with Crippen LogP contribution in [0.5, 0.6) is 5.75 Å². The van der Waals surface area contributed by atoms with Crippen molar-refractivity contribution in [2.75, 3.05) is 0 Å². The molecule has 236 valence electrons. The minimum atomic E-state index is -0.183. The van der Waals surface area contributed by atoms with Crippen molar-refractivity contribution in [3.63, 3.8) is 0 Å². The van der Waals surface area contributed by atoms with E-state index in [-0.39, 0.29) is 12.0 Å². The van der Waals surface area contributed by atoms with Crippen LogP contribution in [0.3, 0.4) is 0 Å². The quantitative estimate of drug-likeness (QED) is 0.183. The van der Waals surface area contributed by atoms with Gasteiger partial charge in [0, 0.05) is 43.5 Å². The Balaban J connectivity index is 1.12. The standard InChI is InChI=1S/C43H27N5OS/c1-4-13-26(14-5-1)37-39-38(30-19-10-11-22-35(30)50-39)45-43(44-37)31-20-12-21-34-36(31)32-25-29(23-24-33(32)49-34)42-47-40(27-15-6-2-7-16-27)46-41(48-42)28-17-8-3-9-18-28/h1-25,34,36H. The molecule has 0 saturated heterocycles. The number of fused-ring (bicyclic) bond motifs is 6. The van der Waals surface area contributed by atoms with E-state index in [0.29, 0.717) is 23.3 Å². The van der Waals surface area contributed by atoms with Gasteiger partial charge in [0.25, 0.3) is 0 Å². The maximum Gasteiger partial charge on any atom is 0.164 e. The lowest BCUT2D eigenvalue weighted by Crippen LogP contribution is -2.20. The fraction of sp³-hybridized carbons (Fsp3) is 0.0465. The minimum absolute atomic E-state index is 0.107. The molecule has 0 amide bonds. The second-order valence-electron chi connectivity index (χ2n) is 12.4. The van der Waals surface area contributed by atoms with Crippen molar-refractivity contribution in [3.05, 3.63) is 163 Å². The highest BCUT2D eigenvalue weighted by Crippen LogP contribution is 2.49. The summed E-state index contributed by atoms with van der Waals surface area (Å²) in [5.41, 5.74) is 7.83. The lowest BCUT2D eigenvalue weighted by molar-refractivity contribution is 0.271. The number of hydrogen-bond acceptors (Lipinski definition) is 7. The molecule has 3 aromatic heterocycles. The van der Waals surface area contributed by atoms with Gasteiger partial charge >= 0.3 is 0 Å². The van der Waals surface area contributed by atoms with Crippen LogP contribution in [0.2, 0.25) is 0 Å². The highest BCUT2D eigenvalue weighted by molar-refractivity contribution is 7.26. The molecular weight excluding hydrogens is 635 g/mol. The van der Waals surface area contributed by atoms with Gasteiger partial charge < -0.3 is 4.74 Å². The Labute approximate surface area is 292 Å². The Hall–Kier alpha value is -6.31. The van der Waals surface area contributed by atoms with E-state index < -0.39 is 0 Å². The molecule has 0 radical (unpaired) electrons. The first kappa shape index (κ1) is 28.7. The summed E-state index contributed by atoms with van der Waals surface area (Å²) < 4.78 is 8.85. The van der Waals surface area contributed by atoms with Gasteiger partial charge in [-0.2, -0.15) is 0 Å². The zero-order valence-electron chi connectivity index (χ0n) is 26.6. The van der Waals surface area contributed by atoms with E-state index in [0.717, 1.165) is 60.4 Å². The predicted molar refractivity (Wildman–Crippen MR) is 201 cm³/mol. The number of hydrogen-bond donors (Lipinski definition) is 0. The van der Waals surface area contributed by atoms with E-state index >= 15 is 0 Å². The lowest BCUT2D eigenvalue weighted by Gasteiger charge is -2.22. The third-order valence-electron chi connectivity index (χ3n) is 9.33. The summed E-state index contributed by atoms with van der Waals surface area (Å²) >= 11 is 1.74. The van der Waals surface area contributed by atoms with Crippen molar-refractivity contribution in [3.8, 4) is 51.2 Å². The van der Waals surface area contributed by atoms with Crippen LogP contribution in [0.15, 0.2) is 152 Å². The smallest absolute Gasteiger partial charge is 0.164 e. The van der Waals surface area contributed by atoms with Crippen LogP contribution in [-0.2, 0) is 0 Å². The molecule has 1 aliphatic heterocycles. The molecule has 0 fully saturated rings. The average Bonchev–Trinajstić information content (AvgIpc) is 3.76. The maximum atomic E-state index is 6.56. The molecule has 4 heterocycles. The summed E-state index contributed by atoms with van der Waals surface area (Å²) in [6, 6.07) is 45.2. The highest BCUT2D eigenvalue weighted by Gasteiger charge is 2.39. The lowest BCUT2D eigenvalue weighted by atomic mass is 9.83. The third-order valence-corrected chi connectivity index (χ3v) is 10.5. The normalized spacial score (nSPS) is 16.2. The van der Waals surface area contributed by atoms with Gasteiger partial charge in [-0.05, 0) is 30.3 Å². The first-order chi connectivity index (χ1) is 24.8. The average molecular weight is 662 g/mol. The Morgan fingerprint density at radius 3 is 1.86 bits per heavy atom. The third kappa shape index (κ3) is 4.82. The summed E-state index contributed by atoms with van der Waals surface area (Å²) in [7, 11) is 0. The molecule has 50 heavy (non-hydrogen) atoms. The van der Waals surface area contributed by atoms with Gasteiger partial charge in [0.2, 0.25) is 0 Å². The van der Waals surface area contributed by atoms with Crippen LogP contribution in [0, 0.1) is 0 Å². The minimum Gasteiger partial charge on any atom is -0.485 e. The van der Waals surface area contributed by atoms with Crippen LogP contribution < -0.4 is 4.74 Å². The zero-order chi connectivity index (χ0) is 33.0. The van der Waals surface area contributed by atoms with Crippen LogP contribution in [-0.4, -0.2) is 31.0 Å². The molecule has 5 aromatic carbocycles.